The molecule has 0 aliphatic carbocycles. The van der Waals surface area contributed by atoms with E-state index in [-0.39, 0.29) is 24.4 Å². The van der Waals surface area contributed by atoms with Gasteiger partial charge in [-0.1, -0.05) is 56.0 Å². The molecule has 0 saturated carbocycles. The molecule has 1 rings (SSSR count). The minimum Gasteiger partial charge on any atom is -0.359 e. The minimum atomic E-state index is -0.0720. The molecule has 1 aromatic carbocycles. The molecular formula is C17H22O3. The molecule has 0 bridgehead atoms. The van der Waals surface area contributed by atoms with Crippen molar-refractivity contribution in [3.63, 3.8) is 0 Å². The van der Waals surface area contributed by atoms with E-state index in [0.29, 0.717) is 13.0 Å². The lowest BCUT2D eigenvalue weighted by atomic mass is 9.91. The predicted molar refractivity (Wildman–Crippen MR) is 79.2 cm³/mol. The number of benzene rings is 1. The van der Waals surface area contributed by atoms with Gasteiger partial charge in [0, 0.05) is 19.4 Å². The van der Waals surface area contributed by atoms with Gasteiger partial charge in [-0.25, -0.2) is 0 Å². The average Bonchev–Trinajstić information content (AvgIpc) is 2.46. The zero-order valence-electron chi connectivity index (χ0n) is 12.4. The van der Waals surface area contributed by atoms with E-state index in [1.807, 2.05) is 44.2 Å². The molecule has 0 aromatic heterocycles. The Labute approximate surface area is 121 Å². The van der Waals surface area contributed by atoms with Crippen LogP contribution in [0.4, 0.5) is 0 Å². The zero-order chi connectivity index (χ0) is 14.8. The van der Waals surface area contributed by atoms with Crippen LogP contribution in [0.1, 0.15) is 31.7 Å². The average molecular weight is 274 g/mol. The highest BCUT2D eigenvalue weighted by Gasteiger charge is 2.15. The van der Waals surface area contributed by atoms with E-state index in [2.05, 4.69) is 11.8 Å². The van der Waals surface area contributed by atoms with Gasteiger partial charge in [-0.15, -0.1) is 0 Å². The van der Waals surface area contributed by atoms with E-state index < -0.39 is 0 Å². The summed E-state index contributed by atoms with van der Waals surface area (Å²) < 4.78 is 9.93. The van der Waals surface area contributed by atoms with Gasteiger partial charge in [-0.3, -0.25) is 4.79 Å². The Morgan fingerprint density at radius 1 is 1.25 bits per heavy atom. The predicted octanol–water partition coefficient (Wildman–Crippen LogP) is 3.01. The molecule has 1 unspecified atom stereocenters. The topological polar surface area (TPSA) is 35.5 Å². The monoisotopic (exact) mass is 274 g/mol. The number of Topliss-reactive ketones (excluding diaryl/α,β-unsaturated/α-hetero) is 1. The Balaban J connectivity index is 2.72. The van der Waals surface area contributed by atoms with Crippen LogP contribution in [0, 0.1) is 17.8 Å². The molecule has 20 heavy (non-hydrogen) atoms. The molecule has 0 radical (unpaired) electrons. The number of ketones is 1. The number of methoxy groups -OCH3 is 1. The van der Waals surface area contributed by atoms with Gasteiger partial charge in [-0.05, 0) is 5.56 Å². The number of carbonyl (C=O) groups is 1. The fourth-order valence-corrected chi connectivity index (χ4v) is 1.72. The molecule has 3 heteroatoms. The highest BCUT2D eigenvalue weighted by molar-refractivity contribution is 5.81. The molecule has 0 N–H and O–H groups in total. The van der Waals surface area contributed by atoms with Crippen molar-refractivity contribution in [2.75, 3.05) is 20.5 Å². The highest BCUT2D eigenvalue weighted by Crippen LogP contribution is 2.20. The van der Waals surface area contributed by atoms with Crippen LogP contribution in [0.15, 0.2) is 30.3 Å². The van der Waals surface area contributed by atoms with E-state index in [1.54, 1.807) is 7.11 Å². The van der Waals surface area contributed by atoms with Crippen LogP contribution in [0.2, 0.25) is 0 Å². The van der Waals surface area contributed by atoms with Crippen molar-refractivity contribution in [1.29, 1.82) is 0 Å². The van der Waals surface area contributed by atoms with Gasteiger partial charge in [-0.2, -0.15) is 0 Å². The SMILES string of the molecule is COCOCC#CC(CC(=O)C(C)C)c1ccccc1. The number of hydrogen-bond donors (Lipinski definition) is 0. The summed E-state index contributed by atoms with van der Waals surface area (Å²) in [5.41, 5.74) is 1.07. The van der Waals surface area contributed by atoms with E-state index in [1.165, 1.54) is 0 Å². The van der Waals surface area contributed by atoms with Crippen molar-refractivity contribution >= 4 is 5.78 Å². The van der Waals surface area contributed by atoms with Crippen LogP contribution in [-0.2, 0) is 14.3 Å². The second-order valence-corrected chi connectivity index (χ2v) is 4.86. The van der Waals surface area contributed by atoms with Crippen molar-refractivity contribution in [2.45, 2.75) is 26.2 Å². The second kappa shape index (κ2) is 9.30. The van der Waals surface area contributed by atoms with Gasteiger partial charge in [0.2, 0.25) is 0 Å². The molecule has 0 aliphatic heterocycles. The van der Waals surface area contributed by atoms with Crippen LogP contribution in [0.5, 0.6) is 0 Å². The van der Waals surface area contributed by atoms with Crippen molar-refractivity contribution in [3.8, 4) is 11.8 Å². The Kier molecular flexibility index (Phi) is 7.64. The van der Waals surface area contributed by atoms with Gasteiger partial charge in [0.05, 0.1) is 5.92 Å². The van der Waals surface area contributed by atoms with Crippen LogP contribution < -0.4 is 0 Å². The fourth-order valence-electron chi connectivity index (χ4n) is 1.72. The lowest BCUT2D eigenvalue weighted by Gasteiger charge is -2.12. The smallest absolute Gasteiger partial charge is 0.147 e. The van der Waals surface area contributed by atoms with Crippen LogP contribution in [0.25, 0.3) is 0 Å². The molecule has 1 aromatic rings. The summed E-state index contributed by atoms with van der Waals surface area (Å²) in [4.78, 5) is 11.9. The minimum absolute atomic E-state index is 0.0350. The van der Waals surface area contributed by atoms with E-state index in [4.69, 9.17) is 9.47 Å². The first-order valence-electron chi connectivity index (χ1n) is 6.78. The summed E-state index contributed by atoms with van der Waals surface area (Å²) in [7, 11) is 1.57. The first-order valence-corrected chi connectivity index (χ1v) is 6.78. The van der Waals surface area contributed by atoms with E-state index >= 15 is 0 Å². The van der Waals surface area contributed by atoms with Crippen LogP contribution in [0.3, 0.4) is 0 Å². The maximum absolute atomic E-state index is 11.9. The molecule has 0 amide bonds. The van der Waals surface area contributed by atoms with E-state index in [9.17, 15) is 4.79 Å². The summed E-state index contributed by atoms with van der Waals surface area (Å²) in [6, 6.07) is 9.89. The number of carbonyl (C=O) groups excluding carboxylic acids is 1. The quantitative estimate of drug-likeness (QED) is 0.435. The third-order valence-electron chi connectivity index (χ3n) is 2.90. The Hall–Kier alpha value is -1.63. The molecule has 0 saturated heterocycles. The van der Waals surface area contributed by atoms with Crippen LogP contribution >= 0.6 is 0 Å². The Morgan fingerprint density at radius 2 is 1.95 bits per heavy atom. The summed E-state index contributed by atoms with van der Waals surface area (Å²) in [5, 5.41) is 0. The molecule has 3 nitrogen and oxygen atoms in total. The van der Waals surface area contributed by atoms with Gasteiger partial charge in [0.15, 0.2) is 0 Å². The molecular weight excluding hydrogens is 252 g/mol. The summed E-state index contributed by atoms with van der Waals surface area (Å²) in [6.45, 7) is 4.38. The summed E-state index contributed by atoms with van der Waals surface area (Å²) in [6.07, 6.45) is 0.443. The van der Waals surface area contributed by atoms with Gasteiger partial charge >= 0.3 is 0 Å². The van der Waals surface area contributed by atoms with Gasteiger partial charge in [0.1, 0.15) is 19.2 Å². The first kappa shape index (κ1) is 16.4. The van der Waals surface area contributed by atoms with E-state index in [0.717, 1.165) is 5.56 Å². The molecule has 108 valence electrons. The molecule has 0 heterocycles. The maximum atomic E-state index is 11.9. The second-order valence-electron chi connectivity index (χ2n) is 4.86. The molecule has 0 aliphatic rings. The molecule has 0 fully saturated rings. The van der Waals surface area contributed by atoms with Gasteiger partial charge in [0.25, 0.3) is 0 Å². The Morgan fingerprint density at radius 3 is 2.55 bits per heavy atom. The van der Waals surface area contributed by atoms with Crippen molar-refractivity contribution in [3.05, 3.63) is 35.9 Å². The van der Waals surface area contributed by atoms with Gasteiger partial charge < -0.3 is 9.47 Å². The lowest BCUT2D eigenvalue weighted by molar-refractivity contribution is -0.122. The van der Waals surface area contributed by atoms with Crippen molar-refractivity contribution < 1.29 is 14.3 Å². The normalized spacial score (nSPS) is 11.8. The third kappa shape index (κ3) is 6.01. The van der Waals surface area contributed by atoms with Crippen LogP contribution in [-0.4, -0.2) is 26.3 Å². The highest BCUT2D eigenvalue weighted by atomic mass is 16.7. The number of ether oxygens (including phenoxy) is 2. The molecule has 1 atom stereocenters. The first-order chi connectivity index (χ1) is 9.65. The largest absolute Gasteiger partial charge is 0.359 e. The zero-order valence-corrected chi connectivity index (χ0v) is 12.4. The Bertz CT molecular complexity index is 454. The standard InChI is InChI=1S/C17H22O3/c1-14(2)17(18)12-16(10-7-11-20-13-19-3)15-8-5-4-6-9-15/h4-6,8-9,14,16H,11-13H2,1-3H3. The summed E-state index contributed by atoms with van der Waals surface area (Å²) in [5.74, 6) is 6.28. The maximum Gasteiger partial charge on any atom is 0.147 e. The number of hydrogen-bond acceptors (Lipinski definition) is 3. The third-order valence-corrected chi connectivity index (χ3v) is 2.90. The lowest BCUT2D eigenvalue weighted by Crippen LogP contribution is -2.11. The number of rotatable bonds is 7. The van der Waals surface area contributed by atoms with Crippen molar-refractivity contribution in [2.24, 2.45) is 5.92 Å². The molecule has 0 spiro atoms. The fraction of sp³-hybridized carbons (Fsp3) is 0.471. The van der Waals surface area contributed by atoms with Crippen molar-refractivity contribution in [1.82, 2.24) is 0 Å². The summed E-state index contributed by atoms with van der Waals surface area (Å²) >= 11 is 0.